The van der Waals surface area contributed by atoms with Crippen molar-refractivity contribution in [3.05, 3.63) is 28.2 Å². The van der Waals surface area contributed by atoms with Crippen molar-refractivity contribution in [1.82, 2.24) is 14.5 Å². The average molecular weight is 430 g/mol. The van der Waals surface area contributed by atoms with Crippen molar-refractivity contribution in [2.24, 2.45) is 0 Å². The topological polar surface area (TPSA) is 69.7 Å². The number of carbonyl (C=O) groups is 1. The van der Waals surface area contributed by atoms with Crippen LogP contribution in [0, 0.1) is 6.92 Å². The van der Waals surface area contributed by atoms with Crippen molar-refractivity contribution < 1.29 is 13.2 Å². The van der Waals surface area contributed by atoms with Gasteiger partial charge in [-0.25, -0.2) is 13.2 Å². The SMILES string of the molecule is Cc1cc(S(=O)(=O)N2CCN(C(=O)NC3CCCC3)CC2)ccc1Br. The number of halogens is 1. The summed E-state index contributed by atoms with van der Waals surface area (Å²) in [6.07, 6.45) is 4.43. The van der Waals surface area contributed by atoms with E-state index >= 15 is 0 Å². The van der Waals surface area contributed by atoms with E-state index in [-0.39, 0.29) is 12.1 Å². The number of carbonyl (C=O) groups excluding carboxylic acids is 1. The molecule has 2 fully saturated rings. The van der Waals surface area contributed by atoms with E-state index < -0.39 is 10.0 Å². The van der Waals surface area contributed by atoms with E-state index in [2.05, 4.69) is 21.2 Å². The summed E-state index contributed by atoms with van der Waals surface area (Å²) >= 11 is 3.39. The highest BCUT2D eigenvalue weighted by Crippen LogP contribution is 2.23. The van der Waals surface area contributed by atoms with Gasteiger partial charge in [0.15, 0.2) is 0 Å². The van der Waals surface area contributed by atoms with Crippen LogP contribution in [0.1, 0.15) is 31.2 Å². The molecule has 25 heavy (non-hydrogen) atoms. The second kappa shape index (κ2) is 7.63. The Labute approximate surface area is 157 Å². The molecular weight excluding hydrogens is 406 g/mol. The smallest absolute Gasteiger partial charge is 0.317 e. The maximum Gasteiger partial charge on any atom is 0.317 e. The molecule has 2 amide bonds. The van der Waals surface area contributed by atoms with Gasteiger partial charge in [-0.05, 0) is 43.5 Å². The number of nitrogens with one attached hydrogen (secondary N) is 1. The molecule has 1 aliphatic heterocycles. The molecule has 0 unspecified atom stereocenters. The molecule has 8 heteroatoms. The lowest BCUT2D eigenvalue weighted by atomic mass is 10.2. The second-order valence-corrected chi connectivity index (χ2v) is 9.53. The first-order valence-electron chi connectivity index (χ1n) is 8.69. The Morgan fingerprint density at radius 2 is 1.80 bits per heavy atom. The number of rotatable bonds is 3. The minimum atomic E-state index is -3.52. The minimum absolute atomic E-state index is 0.0663. The predicted molar refractivity (Wildman–Crippen MR) is 100.0 cm³/mol. The molecule has 1 aromatic carbocycles. The van der Waals surface area contributed by atoms with Crippen LogP contribution in [0.15, 0.2) is 27.6 Å². The summed E-state index contributed by atoms with van der Waals surface area (Å²) in [7, 11) is -3.52. The summed E-state index contributed by atoms with van der Waals surface area (Å²) in [6, 6.07) is 5.26. The number of aryl methyl sites for hydroxylation is 1. The van der Waals surface area contributed by atoms with Crippen LogP contribution in [-0.4, -0.2) is 55.9 Å². The van der Waals surface area contributed by atoms with Gasteiger partial charge in [0.1, 0.15) is 0 Å². The van der Waals surface area contributed by atoms with E-state index in [1.54, 1.807) is 23.1 Å². The Kier molecular flexibility index (Phi) is 5.70. The van der Waals surface area contributed by atoms with Crippen LogP contribution in [0.25, 0.3) is 0 Å². The minimum Gasteiger partial charge on any atom is -0.335 e. The average Bonchev–Trinajstić information content (AvgIpc) is 3.10. The lowest BCUT2D eigenvalue weighted by Gasteiger charge is -2.34. The molecule has 1 aliphatic carbocycles. The molecule has 1 heterocycles. The van der Waals surface area contributed by atoms with Crippen LogP contribution in [0.2, 0.25) is 0 Å². The van der Waals surface area contributed by atoms with E-state index in [0.717, 1.165) is 22.9 Å². The molecule has 6 nitrogen and oxygen atoms in total. The number of hydrogen-bond donors (Lipinski definition) is 1. The monoisotopic (exact) mass is 429 g/mol. The van der Waals surface area contributed by atoms with Crippen LogP contribution in [-0.2, 0) is 10.0 Å². The highest BCUT2D eigenvalue weighted by Gasteiger charge is 2.31. The fraction of sp³-hybridized carbons (Fsp3) is 0.588. The molecule has 1 aromatic rings. The van der Waals surface area contributed by atoms with Gasteiger partial charge in [-0.3, -0.25) is 0 Å². The van der Waals surface area contributed by atoms with Crippen LogP contribution in [0.4, 0.5) is 4.79 Å². The predicted octanol–water partition coefficient (Wildman–Crippen LogP) is 2.72. The van der Waals surface area contributed by atoms with Crippen molar-refractivity contribution in [1.29, 1.82) is 0 Å². The summed E-state index contributed by atoms with van der Waals surface area (Å²) in [4.78, 5) is 14.3. The molecule has 2 aliphatic rings. The summed E-state index contributed by atoms with van der Waals surface area (Å²) in [6.45, 7) is 3.38. The summed E-state index contributed by atoms with van der Waals surface area (Å²) in [5, 5.41) is 3.06. The first-order chi connectivity index (χ1) is 11.9. The third kappa shape index (κ3) is 4.17. The van der Waals surface area contributed by atoms with Gasteiger partial charge in [-0.15, -0.1) is 0 Å². The summed E-state index contributed by atoms with van der Waals surface area (Å²) < 4.78 is 28.0. The number of hydrogen-bond acceptors (Lipinski definition) is 3. The number of nitrogens with zero attached hydrogens (tertiary/aromatic N) is 2. The third-order valence-electron chi connectivity index (χ3n) is 4.98. The molecule has 0 spiro atoms. The second-order valence-electron chi connectivity index (χ2n) is 6.73. The molecule has 0 atom stereocenters. The zero-order valence-corrected chi connectivity index (χ0v) is 16.8. The van der Waals surface area contributed by atoms with Gasteiger partial charge in [0.25, 0.3) is 0 Å². The van der Waals surface area contributed by atoms with Gasteiger partial charge < -0.3 is 10.2 Å². The molecule has 1 saturated carbocycles. The van der Waals surface area contributed by atoms with Gasteiger partial charge in [0, 0.05) is 36.7 Å². The van der Waals surface area contributed by atoms with E-state index in [4.69, 9.17) is 0 Å². The number of amides is 2. The van der Waals surface area contributed by atoms with Crippen molar-refractivity contribution in [2.75, 3.05) is 26.2 Å². The van der Waals surface area contributed by atoms with Crippen molar-refractivity contribution in [3.8, 4) is 0 Å². The summed E-state index contributed by atoms with van der Waals surface area (Å²) in [5.74, 6) is 0. The number of sulfonamides is 1. The molecule has 0 radical (unpaired) electrons. The highest BCUT2D eigenvalue weighted by molar-refractivity contribution is 9.10. The quantitative estimate of drug-likeness (QED) is 0.802. The van der Waals surface area contributed by atoms with Crippen LogP contribution < -0.4 is 5.32 Å². The van der Waals surface area contributed by atoms with Crippen molar-refractivity contribution in [3.63, 3.8) is 0 Å². The molecule has 1 saturated heterocycles. The first kappa shape index (κ1) is 18.7. The molecular formula is C17H24BrN3O3S. The maximum absolute atomic E-state index is 12.8. The van der Waals surface area contributed by atoms with Crippen molar-refractivity contribution >= 4 is 32.0 Å². The van der Waals surface area contributed by atoms with E-state index in [1.165, 1.54) is 17.1 Å². The van der Waals surface area contributed by atoms with Crippen LogP contribution in [0.3, 0.4) is 0 Å². The molecule has 138 valence electrons. The zero-order chi connectivity index (χ0) is 18.0. The Morgan fingerprint density at radius 3 is 2.40 bits per heavy atom. The largest absolute Gasteiger partial charge is 0.335 e. The number of piperazine rings is 1. The molecule has 0 bridgehead atoms. The van der Waals surface area contributed by atoms with E-state index in [9.17, 15) is 13.2 Å². The van der Waals surface area contributed by atoms with Gasteiger partial charge in [0.2, 0.25) is 10.0 Å². The van der Waals surface area contributed by atoms with Crippen molar-refractivity contribution in [2.45, 2.75) is 43.5 Å². The fourth-order valence-electron chi connectivity index (χ4n) is 3.39. The van der Waals surface area contributed by atoms with Gasteiger partial charge in [-0.2, -0.15) is 4.31 Å². The van der Waals surface area contributed by atoms with E-state index in [0.29, 0.717) is 31.1 Å². The highest BCUT2D eigenvalue weighted by atomic mass is 79.9. The Balaban J connectivity index is 1.60. The zero-order valence-electron chi connectivity index (χ0n) is 14.4. The number of urea groups is 1. The van der Waals surface area contributed by atoms with Gasteiger partial charge >= 0.3 is 6.03 Å². The molecule has 3 rings (SSSR count). The molecule has 0 aromatic heterocycles. The number of benzene rings is 1. The Morgan fingerprint density at radius 1 is 1.16 bits per heavy atom. The maximum atomic E-state index is 12.8. The fourth-order valence-corrected chi connectivity index (χ4v) is 5.15. The first-order valence-corrected chi connectivity index (χ1v) is 10.9. The third-order valence-corrected chi connectivity index (χ3v) is 7.76. The Bertz CT molecular complexity index is 740. The van der Waals surface area contributed by atoms with Gasteiger partial charge in [-0.1, -0.05) is 28.8 Å². The van der Waals surface area contributed by atoms with Crippen LogP contribution in [0.5, 0.6) is 0 Å². The standard InChI is InChI=1S/C17H24BrN3O3S/c1-13-12-15(6-7-16(13)18)25(23,24)21-10-8-20(9-11-21)17(22)19-14-4-2-3-5-14/h6-7,12,14H,2-5,8-11H2,1H3,(H,19,22). The molecule has 1 N–H and O–H groups in total. The van der Waals surface area contributed by atoms with Gasteiger partial charge in [0.05, 0.1) is 4.90 Å². The lowest BCUT2D eigenvalue weighted by molar-refractivity contribution is 0.169. The Hall–Kier alpha value is -1.12. The summed E-state index contributed by atoms with van der Waals surface area (Å²) in [5.41, 5.74) is 0.885. The normalized spacial score (nSPS) is 20.0. The van der Waals surface area contributed by atoms with Crippen LogP contribution >= 0.6 is 15.9 Å². The lowest BCUT2D eigenvalue weighted by Crippen LogP contribution is -2.54. The van der Waals surface area contributed by atoms with E-state index in [1.807, 2.05) is 6.92 Å².